The Morgan fingerprint density at radius 1 is 1.27 bits per heavy atom. The van der Waals surface area contributed by atoms with Crippen LogP contribution in [0.15, 0.2) is 30.9 Å². The van der Waals surface area contributed by atoms with E-state index in [2.05, 4.69) is 52.3 Å². The lowest BCUT2D eigenvalue weighted by atomic mass is 10.1. The van der Waals surface area contributed by atoms with Gasteiger partial charge in [-0.1, -0.05) is 38.0 Å². The molecule has 0 spiro atoms. The maximum atomic E-state index is 4.66. The fraction of sp³-hybridized carbons (Fsp3) is 0.444. The quantitative estimate of drug-likeness (QED) is 0.796. The molecule has 2 aromatic rings. The van der Waals surface area contributed by atoms with Gasteiger partial charge in [0.1, 0.15) is 5.82 Å². The molecular formula is C18H26N4. The van der Waals surface area contributed by atoms with Crippen molar-refractivity contribution in [2.75, 3.05) is 17.2 Å². The molecule has 3 rings (SSSR count). The van der Waals surface area contributed by atoms with Crippen molar-refractivity contribution in [3.63, 3.8) is 0 Å². The maximum absolute atomic E-state index is 4.66. The van der Waals surface area contributed by atoms with Crippen LogP contribution in [0.5, 0.6) is 0 Å². The second-order valence-electron chi connectivity index (χ2n) is 5.71. The number of fused-ring (bicyclic) bond motifs is 1. The standard InChI is InChI=1S/C17H22N4.CH4/c1-3-10-18-16-14-11-12(2)8-9-15(14)20-17(21-16)19-13-6-4-5-7-13;/h3,8-9,11,13H,1,4-7,10H2,2H3,(H2,18,19,20,21);1H4. The van der Waals surface area contributed by atoms with Crippen LogP contribution in [0, 0.1) is 6.92 Å². The van der Waals surface area contributed by atoms with Gasteiger partial charge in [0.25, 0.3) is 0 Å². The van der Waals surface area contributed by atoms with Gasteiger partial charge >= 0.3 is 0 Å². The Kier molecular flexibility index (Phi) is 5.36. The lowest BCUT2D eigenvalue weighted by Gasteiger charge is -2.15. The summed E-state index contributed by atoms with van der Waals surface area (Å²) in [6.07, 6.45) is 6.86. The highest BCUT2D eigenvalue weighted by Gasteiger charge is 2.16. The Bertz CT molecular complexity index is 645. The first-order chi connectivity index (χ1) is 10.3. The summed E-state index contributed by atoms with van der Waals surface area (Å²) in [5.41, 5.74) is 2.19. The summed E-state index contributed by atoms with van der Waals surface area (Å²) in [5.74, 6) is 1.61. The van der Waals surface area contributed by atoms with Gasteiger partial charge in [-0.25, -0.2) is 4.98 Å². The molecule has 0 aliphatic heterocycles. The molecule has 0 bridgehead atoms. The molecule has 1 fully saturated rings. The lowest BCUT2D eigenvalue weighted by molar-refractivity contribution is 0.745. The summed E-state index contributed by atoms with van der Waals surface area (Å²) in [6, 6.07) is 6.79. The van der Waals surface area contributed by atoms with Crippen LogP contribution in [0.1, 0.15) is 38.7 Å². The molecule has 4 nitrogen and oxygen atoms in total. The zero-order chi connectivity index (χ0) is 14.7. The Morgan fingerprint density at radius 2 is 2.05 bits per heavy atom. The van der Waals surface area contributed by atoms with E-state index < -0.39 is 0 Å². The van der Waals surface area contributed by atoms with Crippen molar-refractivity contribution >= 4 is 22.7 Å². The van der Waals surface area contributed by atoms with Gasteiger partial charge in [-0.05, 0) is 31.9 Å². The molecule has 1 aliphatic rings. The van der Waals surface area contributed by atoms with Crippen LogP contribution in [0.4, 0.5) is 11.8 Å². The maximum Gasteiger partial charge on any atom is 0.225 e. The van der Waals surface area contributed by atoms with Crippen molar-refractivity contribution in [1.82, 2.24) is 9.97 Å². The number of aromatic nitrogens is 2. The highest BCUT2D eigenvalue weighted by atomic mass is 15.2. The van der Waals surface area contributed by atoms with Crippen LogP contribution in [-0.4, -0.2) is 22.6 Å². The molecule has 118 valence electrons. The molecule has 0 unspecified atom stereocenters. The third-order valence-electron chi connectivity index (χ3n) is 3.95. The van der Waals surface area contributed by atoms with Gasteiger partial charge in [0, 0.05) is 18.0 Å². The highest BCUT2D eigenvalue weighted by Crippen LogP contribution is 2.26. The minimum Gasteiger partial charge on any atom is -0.366 e. The minimum absolute atomic E-state index is 0. The average Bonchev–Trinajstić information content (AvgIpc) is 2.98. The van der Waals surface area contributed by atoms with Gasteiger partial charge in [-0.2, -0.15) is 4.98 Å². The molecule has 1 aromatic heterocycles. The Labute approximate surface area is 133 Å². The third kappa shape index (κ3) is 3.56. The highest BCUT2D eigenvalue weighted by molar-refractivity contribution is 5.90. The second kappa shape index (κ2) is 7.25. The van der Waals surface area contributed by atoms with Gasteiger partial charge in [0.15, 0.2) is 0 Å². The first-order valence-corrected chi connectivity index (χ1v) is 7.66. The second-order valence-corrected chi connectivity index (χ2v) is 5.71. The van der Waals surface area contributed by atoms with E-state index in [0.29, 0.717) is 12.6 Å². The molecule has 4 heteroatoms. The molecular weight excluding hydrogens is 272 g/mol. The summed E-state index contributed by atoms with van der Waals surface area (Å²) in [4.78, 5) is 9.32. The summed E-state index contributed by atoms with van der Waals surface area (Å²) in [6.45, 7) is 6.54. The smallest absolute Gasteiger partial charge is 0.225 e. The molecule has 1 aliphatic carbocycles. The Morgan fingerprint density at radius 3 is 2.77 bits per heavy atom. The fourth-order valence-electron chi connectivity index (χ4n) is 2.86. The predicted molar refractivity (Wildman–Crippen MR) is 95.6 cm³/mol. The van der Waals surface area contributed by atoms with Crippen LogP contribution >= 0.6 is 0 Å². The van der Waals surface area contributed by atoms with Crippen LogP contribution in [-0.2, 0) is 0 Å². The van der Waals surface area contributed by atoms with Crippen molar-refractivity contribution in [3.8, 4) is 0 Å². The van der Waals surface area contributed by atoms with E-state index in [9.17, 15) is 0 Å². The number of anilines is 2. The zero-order valence-electron chi connectivity index (χ0n) is 12.5. The van der Waals surface area contributed by atoms with Gasteiger partial charge in [0.05, 0.1) is 5.52 Å². The average molecular weight is 298 g/mol. The van der Waals surface area contributed by atoms with E-state index in [0.717, 1.165) is 22.7 Å². The molecule has 0 atom stereocenters. The molecule has 1 heterocycles. The number of aryl methyl sites for hydroxylation is 1. The summed E-state index contributed by atoms with van der Waals surface area (Å²) in [5, 5.41) is 7.86. The topological polar surface area (TPSA) is 49.8 Å². The normalized spacial score (nSPS) is 14.6. The first kappa shape index (κ1) is 16.3. The van der Waals surface area contributed by atoms with Crippen molar-refractivity contribution < 1.29 is 0 Å². The van der Waals surface area contributed by atoms with E-state index in [1.54, 1.807) is 0 Å². The third-order valence-corrected chi connectivity index (χ3v) is 3.95. The van der Waals surface area contributed by atoms with Crippen molar-refractivity contribution in [1.29, 1.82) is 0 Å². The van der Waals surface area contributed by atoms with Crippen LogP contribution in [0.2, 0.25) is 0 Å². The molecule has 1 aromatic carbocycles. The number of hydrogen-bond donors (Lipinski definition) is 2. The van der Waals surface area contributed by atoms with Crippen molar-refractivity contribution in [2.24, 2.45) is 0 Å². The largest absolute Gasteiger partial charge is 0.366 e. The Hall–Kier alpha value is -2.10. The molecule has 0 radical (unpaired) electrons. The minimum atomic E-state index is 0. The van der Waals surface area contributed by atoms with Gasteiger partial charge in [-0.15, -0.1) is 6.58 Å². The summed E-state index contributed by atoms with van der Waals surface area (Å²) >= 11 is 0. The number of hydrogen-bond acceptors (Lipinski definition) is 4. The van der Waals surface area contributed by atoms with Crippen LogP contribution in [0.25, 0.3) is 10.9 Å². The first-order valence-electron chi connectivity index (χ1n) is 7.66. The SMILES string of the molecule is C.C=CCNc1nc(NC2CCCC2)nc2ccc(C)cc12. The Balaban J connectivity index is 0.00000176. The van der Waals surface area contributed by atoms with E-state index in [1.165, 1.54) is 31.2 Å². The van der Waals surface area contributed by atoms with E-state index in [4.69, 9.17) is 0 Å². The van der Waals surface area contributed by atoms with E-state index in [-0.39, 0.29) is 7.43 Å². The van der Waals surface area contributed by atoms with Crippen molar-refractivity contribution in [3.05, 3.63) is 36.4 Å². The summed E-state index contributed by atoms with van der Waals surface area (Å²) < 4.78 is 0. The predicted octanol–water partition coefficient (Wildman–Crippen LogP) is 4.53. The number of rotatable bonds is 5. The van der Waals surface area contributed by atoms with Gasteiger partial charge in [0.2, 0.25) is 5.95 Å². The van der Waals surface area contributed by atoms with E-state index >= 15 is 0 Å². The monoisotopic (exact) mass is 298 g/mol. The van der Waals surface area contributed by atoms with Gasteiger partial charge in [-0.3, -0.25) is 0 Å². The number of nitrogens with zero attached hydrogens (tertiary/aromatic N) is 2. The number of benzene rings is 1. The number of nitrogens with one attached hydrogen (secondary N) is 2. The molecule has 2 N–H and O–H groups in total. The van der Waals surface area contributed by atoms with E-state index in [1.807, 2.05) is 6.08 Å². The zero-order valence-corrected chi connectivity index (χ0v) is 12.5. The molecule has 0 saturated heterocycles. The molecule has 0 amide bonds. The fourth-order valence-corrected chi connectivity index (χ4v) is 2.86. The molecule has 22 heavy (non-hydrogen) atoms. The van der Waals surface area contributed by atoms with Crippen molar-refractivity contribution in [2.45, 2.75) is 46.1 Å². The van der Waals surface area contributed by atoms with Gasteiger partial charge < -0.3 is 10.6 Å². The van der Waals surface area contributed by atoms with Crippen LogP contribution in [0.3, 0.4) is 0 Å². The molecule has 1 saturated carbocycles. The lowest BCUT2D eigenvalue weighted by Crippen LogP contribution is -2.17. The summed E-state index contributed by atoms with van der Waals surface area (Å²) in [7, 11) is 0. The van der Waals surface area contributed by atoms with Crippen LogP contribution < -0.4 is 10.6 Å².